The maximum absolute atomic E-state index is 13.5. The van der Waals surface area contributed by atoms with Crippen LogP contribution in [0.15, 0.2) is 133 Å². The average Bonchev–Trinajstić information content (AvgIpc) is 2.92. The molecule has 4 aromatic rings. The summed E-state index contributed by atoms with van der Waals surface area (Å²) >= 11 is 0. The van der Waals surface area contributed by atoms with Crippen LogP contribution in [0.1, 0.15) is 10.4 Å². The summed E-state index contributed by atoms with van der Waals surface area (Å²) in [4.78, 5) is 26.7. The first kappa shape index (κ1) is 25.1. The van der Waals surface area contributed by atoms with Gasteiger partial charge in [-0.05, 0) is 48.5 Å². The van der Waals surface area contributed by atoms with Gasteiger partial charge in [0.05, 0.1) is 0 Å². The van der Waals surface area contributed by atoms with Crippen LogP contribution in [-0.4, -0.2) is 30.9 Å². The Hall–Kier alpha value is -4.05. The topological polar surface area (TPSA) is 61.4 Å². The van der Waals surface area contributed by atoms with Gasteiger partial charge in [-0.1, -0.05) is 72.8 Å². The minimum Gasteiger partial charge on any atom is -0.315 e. The van der Waals surface area contributed by atoms with Gasteiger partial charge in [0.2, 0.25) is 0 Å². The number of amides is 2. The molecular formula is C30H29N3O2P+. The van der Waals surface area contributed by atoms with Gasteiger partial charge < -0.3 is 5.32 Å². The zero-order valence-electron chi connectivity index (χ0n) is 20.3. The lowest BCUT2D eigenvalue weighted by Crippen LogP contribution is -2.42. The van der Waals surface area contributed by atoms with E-state index < -0.39 is 13.2 Å². The largest absolute Gasteiger partial charge is 0.315 e. The molecule has 4 rings (SSSR count). The molecule has 0 spiro atoms. The van der Waals surface area contributed by atoms with Crippen molar-refractivity contribution in [2.24, 2.45) is 0 Å². The Morgan fingerprint density at radius 1 is 0.639 bits per heavy atom. The van der Waals surface area contributed by atoms with Gasteiger partial charge >= 0.3 is 0 Å². The van der Waals surface area contributed by atoms with Crippen LogP contribution in [-0.2, 0) is 4.79 Å². The highest BCUT2D eigenvalue weighted by Crippen LogP contribution is 2.57. The van der Waals surface area contributed by atoms with E-state index in [2.05, 4.69) is 47.1 Å². The summed E-state index contributed by atoms with van der Waals surface area (Å²) in [6.07, 6.45) is 0. The first-order valence-corrected chi connectivity index (χ1v) is 13.5. The summed E-state index contributed by atoms with van der Waals surface area (Å²) in [6.45, 7) is 0. The first-order chi connectivity index (χ1) is 17.5. The van der Waals surface area contributed by atoms with Gasteiger partial charge in [0.1, 0.15) is 34.7 Å². The SMILES string of the molecule is CN(C)NC(=O)/C(=C/[P+](c1ccccc1)(c1ccccc1)c1ccccc1)NC(=O)c1ccccc1. The minimum atomic E-state index is -2.51. The molecule has 0 atom stereocenters. The number of hydrogen-bond acceptors (Lipinski definition) is 3. The minimum absolute atomic E-state index is 0.197. The molecule has 0 fully saturated rings. The van der Waals surface area contributed by atoms with Crippen LogP contribution in [0, 0.1) is 0 Å². The van der Waals surface area contributed by atoms with Crippen molar-refractivity contribution in [2.75, 3.05) is 14.1 Å². The lowest BCUT2D eigenvalue weighted by molar-refractivity contribution is -0.121. The molecule has 0 radical (unpaired) electrons. The van der Waals surface area contributed by atoms with Gasteiger partial charge in [-0.3, -0.25) is 15.0 Å². The number of hydrazine groups is 1. The van der Waals surface area contributed by atoms with Crippen molar-refractivity contribution < 1.29 is 9.59 Å². The third-order valence-electron chi connectivity index (χ3n) is 5.67. The van der Waals surface area contributed by atoms with E-state index in [1.807, 2.05) is 66.5 Å². The van der Waals surface area contributed by atoms with Crippen LogP contribution in [0.4, 0.5) is 0 Å². The van der Waals surface area contributed by atoms with Gasteiger partial charge in [0.25, 0.3) is 11.8 Å². The molecule has 0 bridgehead atoms. The average molecular weight is 495 g/mol. The molecule has 5 nitrogen and oxygen atoms in total. The molecule has 180 valence electrons. The predicted molar refractivity (Wildman–Crippen MR) is 149 cm³/mol. The standard InChI is InChI=1S/C30H28N3O2P/c1-33(2)32-30(35)28(31-29(34)24-15-7-3-8-16-24)23-36(25-17-9-4-10-18-25,26-19-11-5-12-20-26)27-21-13-6-14-22-27/h3-23H,1-2H3,(H-,31,32,34,35)/p+1/b28-23-. The highest BCUT2D eigenvalue weighted by Gasteiger charge is 2.45. The van der Waals surface area contributed by atoms with Crippen LogP contribution in [0.5, 0.6) is 0 Å². The molecule has 36 heavy (non-hydrogen) atoms. The molecule has 0 aliphatic rings. The van der Waals surface area contributed by atoms with Gasteiger partial charge in [-0.15, -0.1) is 0 Å². The highest BCUT2D eigenvalue weighted by atomic mass is 31.2. The Balaban J connectivity index is 1.98. The molecule has 0 unspecified atom stereocenters. The fourth-order valence-electron chi connectivity index (χ4n) is 4.05. The zero-order chi connectivity index (χ0) is 25.4. The van der Waals surface area contributed by atoms with Gasteiger partial charge in [0, 0.05) is 19.7 Å². The predicted octanol–water partition coefficient (Wildman–Crippen LogP) is 3.84. The van der Waals surface area contributed by atoms with E-state index in [0.717, 1.165) is 15.9 Å². The normalized spacial score (nSPS) is 11.7. The number of nitrogens with zero attached hydrogens (tertiary/aromatic N) is 1. The van der Waals surface area contributed by atoms with E-state index in [-0.39, 0.29) is 11.6 Å². The fraction of sp³-hybridized carbons (Fsp3) is 0.0667. The van der Waals surface area contributed by atoms with E-state index in [9.17, 15) is 9.59 Å². The lowest BCUT2D eigenvalue weighted by Gasteiger charge is -2.25. The molecule has 4 aromatic carbocycles. The Labute approximate surface area is 212 Å². The first-order valence-electron chi connectivity index (χ1n) is 11.6. The number of nitrogens with one attached hydrogen (secondary N) is 2. The van der Waals surface area contributed by atoms with E-state index in [1.54, 1.807) is 43.4 Å². The van der Waals surface area contributed by atoms with Crippen molar-refractivity contribution in [3.63, 3.8) is 0 Å². The summed E-state index contributed by atoms with van der Waals surface area (Å²) in [5, 5.41) is 7.71. The molecule has 0 saturated heterocycles. The van der Waals surface area contributed by atoms with E-state index >= 15 is 0 Å². The van der Waals surface area contributed by atoms with Crippen molar-refractivity contribution >= 4 is 35.0 Å². The molecule has 0 aliphatic carbocycles. The van der Waals surface area contributed by atoms with Crippen LogP contribution >= 0.6 is 7.26 Å². The summed E-state index contributed by atoms with van der Waals surface area (Å²) in [5.41, 5.74) is 3.48. The molecule has 0 aliphatic heterocycles. The van der Waals surface area contributed by atoms with Crippen LogP contribution < -0.4 is 26.7 Å². The van der Waals surface area contributed by atoms with Crippen molar-refractivity contribution in [2.45, 2.75) is 0 Å². The number of hydrogen-bond donors (Lipinski definition) is 2. The van der Waals surface area contributed by atoms with Gasteiger partial charge in [0.15, 0.2) is 0 Å². The summed E-state index contributed by atoms with van der Waals surface area (Å²) in [5.74, 6) is 1.23. The van der Waals surface area contributed by atoms with Crippen molar-refractivity contribution in [1.29, 1.82) is 0 Å². The van der Waals surface area contributed by atoms with Crippen molar-refractivity contribution in [1.82, 2.24) is 15.8 Å². The Bertz CT molecular complexity index is 1230. The molecule has 0 heterocycles. The number of rotatable bonds is 8. The van der Waals surface area contributed by atoms with E-state index in [1.165, 1.54) is 0 Å². The monoisotopic (exact) mass is 494 g/mol. The molecule has 0 aromatic heterocycles. The summed E-state index contributed by atoms with van der Waals surface area (Å²) < 4.78 is 0. The lowest BCUT2D eigenvalue weighted by atomic mass is 10.2. The van der Waals surface area contributed by atoms with E-state index in [0.29, 0.717) is 5.56 Å². The highest BCUT2D eigenvalue weighted by molar-refractivity contribution is 7.98. The van der Waals surface area contributed by atoms with Crippen LogP contribution in [0.25, 0.3) is 0 Å². The van der Waals surface area contributed by atoms with Crippen molar-refractivity contribution in [3.05, 3.63) is 138 Å². The third-order valence-corrected chi connectivity index (χ3v) is 9.65. The van der Waals surface area contributed by atoms with Crippen LogP contribution in [0.3, 0.4) is 0 Å². The smallest absolute Gasteiger partial charge is 0.285 e. The van der Waals surface area contributed by atoms with Crippen LogP contribution in [0.2, 0.25) is 0 Å². The zero-order valence-corrected chi connectivity index (χ0v) is 21.2. The Morgan fingerprint density at radius 2 is 1.03 bits per heavy atom. The molecular weight excluding hydrogens is 465 g/mol. The Morgan fingerprint density at radius 3 is 1.42 bits per heavy atom. The molecule has 0 saturated carbocycles. The van der Waals surface area contributed by atoms with Gasteiger partial charge in [-0.2, -0.15) is 0 Å². The Kier molecular flexibility index (Phi) is 8.06. The second-order valence-electron chi connectivity index (χ2n) is 8.43. The maximum atomic E-state index is 13.5. The second-order valence-corrected chi connectivity index (χ2v) is 11.7. The van der Waals surface area contributed by atoms with E-state index in [4.69, 9.17) is 0 Å². The summed E-state index contributed by atoms with van der Waals surface area (Å²) in [6, 6.07) is 39.4. The molecule has 2 N–H and O–H groups in total. The van der Waals surface area contributed by atoms with Gasteiger partial charge in [-0.25, -0.2) is 5.01 Å². The third kappa shape index (κ3) is 5.60. The fourth-order valence-corrected chi connectivity index (χ4v) is 7.89. The number of carbonyl (C=O) groups excluding carboxylic acids is 2. The molecule has 6 heteroatoms. The quantitative estimate of drug-likeness (QED) is 0.222. The second kappa shape index (κ2) is 11.6. The maximum Gasteiger partial charge on any atom is 0.285 e. The number of benzene rings is 4. The number of carbonyl (C=O) groups is 2. The molecule has 2 amide bonds. The summed E-state index contributed by atoms with van der Waals surface area (Å²) in [7, 11) is 0.967. The van der Waals surface area contributed by atoms with Crippen molar-refractivity contribution in [3.8, 4) is 0 Å².